The first-order chi connectivity index (χ1) is 7.29. The van der Waals surface area contributed by atoms with Crippen LogP contribution in [0.25, 0.3) is 0 Å². The highest BCUT2D eigenvalue weighted by atomic mass is 15.2. The van der Waals surface area contributed by atoms with Gasteiger partial charge in [-0.25, -0.2) is 0 Å². The molecule has 2 N–H and O–H groups in total. The lowest BCUT2D eigenvalue weighted by Gasteiger charge is -2.33. The molecule has 0 aliphatic rings. The molecule has 0 aromatic heterocycles. The first-order valence-corrected chi connectivity index (χ1v) is 5.91. The molecule has 0 fully saturated rings. The van der Waals surface area contributed by atoms with Gasteiger partial charge >= 0.3 is 0 Å². The highest BCUT2D eigenvalue weighted by molar-refractivity contribution is 5.79. The second kappa shape index (κ2) is 6.74. The second-order valence-corrected chi connectivity index (χ2v) is 5.41. The summed E-state index contributed by atoms with van der Waals surface area (Å²) in [5, 5.41) is 6.64. The lowest BCUT2D eigenvalue weighted by molar-refractivity contribution is 0.197. The minimum atomic E-state index is 0.120. The van der Waals surface area contributed by atoms with Crippen LogP contribution in [-0.2, 0) is 0 Å². The van der Waals surface area contributed by atoms with Gasteiger partial charge in [0.1, 0.15) is 0 Å². The van der Waals surface area contributed by atoms with Crippen molar-refractivity contribution in [2.45, 2.75) is 33.2 Å². The molecule has 0 aliphatic heterocycles. The summed E-state index contributed by atoms with van der Waals surface area (Å²) in [6.45, 7) is 10.6. The standard InChI is InChI=1S/C12H28N4/c1-10(2)8-14-11(13-5)15-9-12(3,4)16(6)7/h10H,8-9H2,1-7H3,(H2,13,14,15). The van der Waals surface area contributed by atoms with Crippen molar-refractivity contribution in [3.8, 4) is 0 Å². The van der Waals surface area contributed by atoms with Gasteiger partial charge in [0.05, 0.1) is 0 Å². The fourth-order valence-corrected chi connectivity index (χ4v) is 0.980. The van der Waals surface area contributed by atoms with Crippen LogP contribution in [0.4, 0.5) is 0 Å². The zero-order valence-corrected chi connectivity index (χ0v) is 11.9. The van der Waals surface area contributed by atoms with Crippen LogP contribution in [-0.4, -0.2) is 50.6 Å². The summed E-state index contributed by atoms with van der Waals surface area (Å²) in [5.41, 5.74) is 0.120. The Morgan fingerprint density at radius 1 is 1.25 bits per heavy atom. The molecule has 0 heterocycles. The minimum Gasteiger partial charge on any atom is -0.356 e. The maximum Gasteiger partial charge on any atom is 0.191 e. The Morgan fingerprint density at radius 3 is 2.19 bits per heavy atom. The van der Waals surface area contributed by atoms with E-state index >= 15 is 0 Å². The molecule has 0 saturated carbocycles. The molecule has 4 heteroatoms. The number of nitrogens with one attached hydrogen (secondary N) is 2. The van der Waals surface area contributed by atoms with Crippen molar-refractivity contribution in [2.75, 3.05) is 34.2 Å². The molecule has 0 amide bonds. The molecule has 0 bridgehead atoms. The van der Waals surface area contributed by atoms with Crippen molar-refractivity contribution in [3.05, 3.63) is 0 Å². The van der Waals surface area contributed by atoms with E-state index in [2.05, 4.69) is 62.3 Å². The van der Waals surface area contributed by atoms with Crippen LogP contribution in [0.15, 0.2) is 4.99 Å². The Bertz CT molecular complexity index is 219. The lowest BCUT2D eigenvalue weighted by atomic mass is 10.0. The Balaban J connectivity index is 4.07. The average Bonchev–Trinajstić information content (AvgIpc) is 2.17. The Kier molecular flexibility index (Phi) is 6.41. The van der Waals surface area contributed by atoms with Crippen molar-refractivity contribution < 1.29 is 0 Å². The number of likely N-dealkylation sites (N-methyl/N-ethyl adjacent to an activating group) is 1. The van der Waals surface area contributed by atoms with Crippen molar-refractivity contribution in [3.63, 3.8) is 0 Å². The SMILES string of the molecule is CN=C(NCC(C)C)NCC(C)(C)N(C)C. The third kappa shape index (κ3) is 5.95. The molecule has 96 valence electrons. The second-order valence-electron chi connectivity index (χ2n) is 5.41. The molecular weight excluding hydrogens is 200 g/mol. The normalized spacial score (nSPS) is 13.4. The molecule has 0 unspecified atom stereocenters. The zero-order valence-electron chi connectivity index (χ0n) is 11.9. The van der Waals surface area contributed by atoms with Gasteiger partial charge in [0.15, 0.2) is 5.96 Å². The summed E-state index contributed by atoms with van der Waals surface area (Å²) in [4.78, 5) is 6.40. The van der Waals surface area contributed by atoms with Crippen molar-refractivity contribution in [1.82, 2.24) is 15.5 Å². The lowest BCUT2D eigenvalue weighted by Crippen LogP contribution is -2.51. The highest BCUT2D eigenvalue weighted by Crippen LogP contribution is 2.07. The average molecular weight is 228 g/mol. The summed E-state index contributed by atoms with van der Waals surface area (Å²) in [6.07, 6.45) is 0. The van der Waals surface area contributed by atoms with Gasteiger partial charge in [-0.1, -0.05) is 13.8 Å². The van der Waals surface area contributed by atoms with Gasteiger partial charge in [0, 0.05) is 25.7 Å². The van der Waals surface area contributed by atoms with Gasteiger partial charge in [-0.3, -0.25) is 4.99 Å². The molecule has 0 rings (SSSR count). The zero-order chi connectivity index (χ0) is 12.8. The largest absolute Gasteiger partial charge is 0.356 e. The minimum absolute atomic E-state index is 0.120. The third-order valence-electron chi connectivity index (χ3n) is 2.80. The molecule has 0 aliphatic carbocycles. The number of hydrogen-bond donors (Lipinski definition) is 2. The van der Waals surface area contributed by atoms with Crippen LogP contribution in [0, 0.1) is 5.92 Å². The molecule has 4 nitrogen and oxygen atoms in total. The van der Waals surface area contributed by atoms with E-state index in [1.54, 1.807) is 7.05 Å². The predicted octanol–water partition coefficient (Wildman–Crippen LogP) is 1.15. The van der Waals surface area contributed by atoms with Crippen LogP contribution in [0.5, 0.6) is 0 Å². The van der Waals surface area contributed by atoms with Crippen LogP contribution in [0.3, 0.4) is 0 Å². The van der Waals surface area contributed by atoms with Crippen molar-refractivity contribution in [1.29, 1.82) is 0 Å². The molecule has 0 atom stereocenters. The van der Waals surface area contributed by atoms with E-state index in [4.69, 9.17) is 0 Å². The van der Waals surface area contributed by atoms with E-state index in [9.17, 15) is 0 Å². The van der Waals surface area contributed by atoms with Crippen molar-refractivity contribution >= 4 is 5.96 Å². The van der Waals surface area contributed by atoms with Gasteiger partial charge in [-0.2, -0.15) is 0 Å². The first-order valence-electron chi connectivity index (χ1n) is 5.91. The molecule has 0 radical (unpaired) electrons. The Labute approximate surface area is 101 Å². The number of nitrogens with zero attached hydrogens (tertiary/aromatic N) is 2. The molecule has 0 aromatic carbocycles. The molecule has 0 saturated heterocycles. The maximum atomic E-state index is 4.20. The fourth-order valence-electron chi connectivity index (χ4n) is 0.980. The van der Waals surface area contributed by atoms with E-state index < -0.39 is 0 Å². The molecule has 0 aromatic rings. The van der Waals surface area contributed by atoms with Crippen LogP contribution in [0.2, 0.25) is 0 Å². The number of aliphatic imine (C=N–C) groups is 1. The van der Waals surface area contributed by atoms with E-state index in [0.717, 1.165) is 19.0 Å². The quantitative estimate of drug-likeness (QED) is 0.548. The smallest absolute Gasteiger partial charge is 0.191 e. The molecule has 0 spiro atoms. The predicted molar refractivity (Wildman–Crippen MR) is 72.0 cm³/mol. The first kappa shape index (κ1) is 15.2. The van der Waals surface area contributed by atoms with E-state index in [0.29, 0.717) is 5.92 Å². The number of guanidine groups is 1. The topological polar surface area (TPSA) is 39.7 Å². The van der Waals surface area contributed by atoms with E-state index in [1.165, 1.54) is 0 Å². The number of hydrogen-bond acceptors (Lipinski definition) is 2. The summed E-state index contributed by atoms with van der Waals surface area (Å²) < 4.78 is 0. The Morgan fingerprint density at radius 2 is 1.81 bits per heavy atom. The van der Waals surface area contributed by atoms with Gasteiger partial charge in [0.25, 0.3) is 0 Å². The molecular formula is C12H28N4. The molecule has 16 heavy (non-hydrogen) atoms. The van der Waals surface area contributed by atoms with Crippen molar-refractivity contribution in [2.24, 2.45) is 10.9 Å². The van der Waals surface area contributed by atoms with Crippen LogP contribution < -0.4 is 10.6 Å². The monoisotopic (exact) mass is 228 g/mol. The summed E-state index contributed by atoms with van der Waals surface area (Å²) >= 11 is 0. The van der Waals surface area contributed by atoms with Crippen LogP contribution >= 0.6 is 0 Å². The maximum absolute atomic E-state index is 4.20. The van der Waals surface area contributed by atoms with Gasteiger partial charge in [0.2, 0.25) is 0 Å². The van der Waals surface area contributed by atoms with Gasteiger partial charge in [-0.05, 0) is 33.9 Å². The van der Waals surface area contributed by atoms with Gasteiger partial charge < -0.3 is 15.5 Å². The summed E-state index contributed by atoms with van der Waals surface area (Å²) in [6, 6.07) is 0. The third-order valence-corrected chi connectivity index (χ3v) is 2.80. The van der Waals surface area contributed by atoms with E-state index in [1.807, 2.05) is 0 Å². The summed E-state index contributed by atoms with van der Waals surface area (Å²) in [5.74, 6) is 1.50. The summed E-state index contributed by atoms with van der Waals surface area (Å²) in [7, 11) is 5.98. The number of rotatable bonds is 5. The fraction of sp³-hybridized carbons (Fsp3) is 0.917. The van der Waals surface area contributed by atoms with Gasteiger partial charge in [-0.15, -0.1) is 0 Å². The van der Waals surface area contributed by atoms with Crippen LogP contribution in [0.1, 0.15) is 27.7 Å². The highest BCUT2D eigenvalue weighted by Gasteiger charge is 2.20. The Hall–Kier alpha value is -0.770. The van der Waals surface area contributed by atoms with E-state index in [-0.39, 0.29) is 5.54 Å².